The molecular weight excluding hydrogens is 370 g/mol. The van der Waals surface area contributed by atoms with Crippen LogP contribution >= 0.6 is 23.2 Å². The average molecular weight is 381 g/mol. The quantitative estimate of drug-likeness (QED) is 0.706. The van der Waals surface area contributed by atoms with Crippen LogP contribution in [0.1, 0.15) is 16.1 Å². The van der Waals surface area contributed by atoms with Gasteiger partial charge in [0.2, 0.25) is 0 Å². The van der Waals surface area contributed by atoms with E-state index < -0.39 is 11.7 Å². The number of primary amides is 1. The minimum atomic E-state index is -0.758. The third-order valence-electron chi connectivity index (χ3n) is 3.41. The van der Waals surface area contributed by atoms with Gasteiger partial charge in [0.15, 0.2) is 5.69 Å². The summed E-state index contributed by atoms with van der Waals surface area (Å²) in [6.07, 6.45) is 0. The lowest BCUT2D eigenvalue weighted by atomic mass is 10.1. The van der Waals surface area contributed by atoms with Crippen molar-refractivity contribution in [1.82, 2.24) is 15.4 Å². The van der Waals surface area contributed by atoms with Gasteiger partial charge in [-0.25, -0.2) is 4.39 Å². The first-order valence-corrected chi connectivity index (χ1v) is 7.79. The summed E-state index contributed by atoms with van der Waals surface area (Å²) in [6, 6.07) is 9.07. The summed E-state index contributed by atoms with van der Waals surface area (Å²) < 4.78 is 19.6. The molecule has 0 saturated heterocycles. The number of benzene rings is 2. The van der Waals surface area contributed by atoms with E-state index in [1.165, 1.54) is 12.1 Å². The number of halogens is 3. The molecule has 3 N–H and O–H groups in total. The molecule has 2 aromatic carbocycles. The number of ether oxygens (including phenoxy) is 1. The van der Waals surface area contributed by atoms with Crippen molar-refractivity contribution in [3.63, 3.8) is 0 Å². The number of H-pyrrole nitrogens is 1. The highest BCUT2D eigenvalue weighted by molar-refractivity contribution is 6.31. The first kappa shape index (κ1) is 17.2. The number of aromatic amines is 1. The van der Waals surface area contributed by atoms with E-state index in [1.807, 2.05) is 0 Å². The van der Waals surface area contributed by atoms with Crippen molar-refractivity contribution in [1.29, 1.82) is 0 Å². The second kappa shape index (κ2) is 7.08. The second-order valence-corrected chi connectivity index (χ2v) is 5.86. The van der Waals surface area contributed by atoms with E-state index in [4.69, 9.17) is 33.7 Å². The van der Waals surface area contributed by atoms with E-state index >= 15 is 0 Å². The van der Waals surface area contributed by atoms with E-state index in [0.29, 0.717) is 16.3 Å². The molecule has 128 valence electrons. The fraction of sp³-hybridized carbons (Fsp3) is 0.0625. The number of nitrogens with zero attached hydrogens (tertiary/aromatic N) is 2. The smallest absolute Gasteiger partial charge is 0.271 e. The zero-order valence-corrected chi connectivity index (χ0v) is 14.1. The van der Waals surface area contributed by atoms with E-state index in [-0.39, 0.29) is 28.6 Å². The Morgan fingerprint density at radius 2 is 2.04 bits per heavy atom. The van der Waals surface area contributed by atoms with Gasteiger partial charge in [0, 0.05) is 16.1 Å². The highest BCUT2D eigenvalue weighted by Gasteiger charge is 2.20. The third kappa shape index (κ3) is 3.57. The Bertz CT molecular complexity index is 925. The van der Waals surface area contributed by atoms with Gasteiger partial charge >= 0.3 is 0 Å². The zero-order valence-electron chi connectivity index (χ0n) is 12.6. The topological polar surface area (TPSA) is 93.9 Å². The molecule has 3 aromatic rings. The van der Waals surface area contributed by atoms with Gasteiger partial charge in [0.25, 0.3) is 5.91 Å². The van der Waals surface area contributed by atoms with Crippen LogP contribution in [0.3, 0.4) is 0 Å². The van der Waals surface area contributed by atoms with E-state index in [9.17, 15) is 9.18 Å². The van der Waals surface area contributed by atoms with Gasteiger partial charge in [-0.3, -0.25) is 4.79 Å². The lowest BCUT2D eigenvalue weighted by Gasteiger charge is -2.12. The van der Waals surface area contributed by atoms with Crippen LogP contribution in [-0.2, 0) is 6.61 Å². The Morgan fingerprint density at radius 3 is 2.76 bits per heavy atom. The van der Waals surface area contributed by atoms with Crippen LogP contribution in [0.25, 0.3) is 11.3 Å². The summed E-state index contributed by atoms with van der Waals surface area (Å²) in [7, 11) is 0. The van der Waals surface area contributed by atoms with Crippen LogP contribution in [0.2, 0.25) is 10.0 Å². The Kier molecular flexibility index (Phi) is 4.87. The number of carbonyl (C=O) groups is 1. The Hall–Kier alpha value is -2.64. The minimum absolute atomic E-state index is 0.0592. The molecule has 6 nitrogen and oxygen atoms in total. The van der Waals surface area contributed by atoms with Gasteiger partial charge in [0.1, 0.15) is 23.9 Å². The molecule has 0 fully saturated rings. The molecule has 3 rings (SSSR count). The summed E-state index contributed by atoms with van der Waals surface area (Å²) in [4.78, 5) is 11.5. The highest BCUT2D eigenvalue weighted by Crippen LogP contribution is 2.34. The zero-order chi connectivity index (χ0) is 18.0. The normalized spacial score (nSPS) is 10.7. The van der Waals surface area contributed by atoms with Crippen molar-refractivity contribution in [3.05, 3.63) is 63.5 Å². The van der Waals surface area contributed by atoms with Gasteiger partial charge in [-0.1, -0.05) is 29.3 Å². The molecule has 25 heavy (non-hydrogen) atoms. The summed E-state index contributed by atoms with van der Waals surface area (Å²) >= 11 is 12.0. The molecule has 0 atom stereocenters. The Labute approximate surface area is 151 Å². The van der Waals surface area contributed by atoms with Crippen molar-refractivity contribution in [3.8, 4) is 17.0 Å². The van der Waals surface area contributed by atoms with Gasteiger partial charge in [-0.15, -0.1) is 0 Å². The standard InChI is InChI=1S/C16H11Cl2FN4O2/c17-8-4-5-13(25-7-10-11(18)2-1-3-12(10)19)9(6-8)14-15(16(20)24)22-23-21-14/h1-6H,7H2,(H2,20,24)(H,21,22,23). The third-order valence-corrected chi connectivity index (χ3v) is 4.00. The van der Waals surface area contributed by atoms with Crippen molar-refractivity contribution < 1.29 is 13.9 Å². The van der Waals surface area contributed by atoms with Crippen molar-refractivity contribution in [2.75, 3.05) is 0 Å². The van der Waals surface area contributed by atoms with Crippen LogP contribution in [0.15, 0.2) is 36.4 Å². The van der Waals surface area contributed by atoms with E-state index in [1.54, 1.807) is 24.3 Å². The van der Waals surface area contributed by atoms with Crippen molar-refractivity contribution in [2.45, 2.75) is 6.61 Å². The van der Waals surface area contributed by atoms with Crippen LogP contribution in [0.4, 0.5) is 4.39 Å². The van der Waals surface area contributed by atoms with E-state index in [2.05, 4.69) is 15.4 Å². The Balaban J connectivity index is 1.98. The van der Waals surface area contributed by atoms with Gasteiger partial charge < -0.3 is 10.5 Å². The molecule has 0 spiro atoms. The number of amides is 1. The maximum absolute atomic E-state index is 13.9. The van der Waals surface area contributed by atoms with Gasteiger partial charge in [0.05, 0.1) is 5.02 Å². The summed E-state index contributed by atoms with van der Waals surface area (Å²) in [5.74, 6) is -0.922. The minimum Gasteiger partial charge on any atom is -0.488 e. The summed E-state index contributed by atoms with van der Waals surface area (Å²) in [6.45, 7) is -0.121. The first-order chi connectivity index (χ1) is 12.0. The van der Waals surface area contributed by atoms with E-state index in [0.717, 1.165) is 0 Å². The number of rotatable bonds is 5. The average Bonchev–Trinajstić information content (AvgIpc) is 3.05. The fourth-order valence-electron chi connectivity index (χ4n) is 2.22. The molecule has 0 aliphatic carbocycles. The molecule has 9 heteroatoms. The number of carbonyl (C=O) groups excluding carboxylic acids is 1. The maximum atomic E-state index is 13.9. The molecule has 0 aliphatic heterocycles. The van der Waals surface area contributed by atoms with Gasteiger partial charge in [-0.05, 0) is 30.3 Å². The number of nitrogens with two attached hydrogens (primary N) is 1. The summed E-state index contributed by atoms with van der Waals surface area (Å²) in [5.41, 5.74) is 6.01. The fourth-order valence-corrected chi connectivity index (χ4v) is 2.61. The van der Waals surface area contributed by atoms with Crippen LogP contribution < -0.4 is 10.5 Å². The molecule has 0 aliphatic rings. The molecular formula is C16H11Cl2FN4O2. The largest absolute Gasteiger partial charge is 0.488 e. The van der Waals surface area contributed by atoms with Crippen molar-refractivity contribution >= 4 is 29.1 Å². The number of hydrogen-bond acceptors (Lipinski definition) is 4. The number of nitrogens with one attached hydrogen (secondary N) is 1. The molecule has 0 bridgehead atoms. The van der Waals surface area contributed by atoms with Crippen LogP contribution in [-0.4, -0.2) is 21.3 Å². The molecule has 0 saturated carbocycles. The van der Waals surface area contributed by atoms with Crippen molar-refractivity contribution in [2.24, 2.45) is 5.73 Å². The maximum Gasteiger partial charge on any atom is 0.271 e. The predicted octanol–water partition coefficient (Wildman–Crippen LogP) is 3.60. The number of aromatic nitrogens is 3. The molecule has 1 amide bonds. The highest BCUT2D eigenvalue weighted by atomic mass is 35.5. The lowest BCUT2D eigenvalue weighted by Crippen LogP contribution is -2.13. The molecule has 1 aromatic heterocycles. The summed E-state index contributed by atoms with van der Waals surface area (Å²) in [5, 5.41) is 10.6. The second-order valence-electron chi connectivity index (χ2n) is 5.01. The predicted molar refractivity (Wildman–Crippen MR) is 91.1 cm³/mol. The number of hydrogen-bond donors (Lipinski definition) is 2. The van der Waals surface area contributed by atoms with Crippen LogP contribution in [0, 0.1) is 5.82 Å². The van der Waals surface area contributed by atoms with Crippen LogP contribution in [0.5, 0.6) is 5.75 Å². The first-order valence-electron chi connectivity index (χ1n) is 7.03. The molecule has 0 unspecified atom stereocenters. The Morgan fingerprint density at radius 1 is 1.24 bits per heavy atom. The lowest BCUT2D eigenvalue weighted by molar-refractivity contribution is 0.0996. The molecule has 1 heterocycles. The monoisotopic (exact) mass is 380 g/mol. The van der Waals surface area contributed by atoms with Gasteiger partial charge in [-0.2, -0.15) is 15.4 Å². The SMILES string of the molecule is NC(=O)c1n[nH]nc1-c1cc(Cl)ccc1OCc1c(F)cccc1Cl. The molecule has 0 radical (unpaired) electrons.